The number of hydrogen-bond donors (Lipinski definition) is 1. The van der Waals surface area contributed by atoms with Gasteiger partial charge in [-0.05, 0) is 0 Å². The lowest BCUT2D eigenvalue weighted by Gasteiger charge is -2.27. The summed E-state index contributed by atoms with van der Waals surface area (Å²) in [5.74, 6) is 0. The van der Waals surface area contributed by atoms with E-state index >= 15 is 0 Å². The normalized spacial score (nSPS) is 45.0. The summed E-state index contributed by atoms with van der Waals surface area (Å²) < 4.78 is 15.5. The number of aliphatic hydroxyl groups is 1. The zero-order chi connectivity index (χ0) is 4.62. The number of hydrogen-bond acceptors (Lipinski definition) is 2. The summed E-state index contributed by atoms with van der Waals surface area (Å²) in [6.45, 7) is 0.340. The molecule has 2 nitrogen and oxygen atoms in total. The molecule has 36 valence electrons. The average molecular weight is 92.1 g/mol. The molecule has 1 rings (SSSR count). The Morgan fingerprint density at radius 3 is 2.17 bits per heavy atom. The Morgan fingerprint density at radius 2 is 2.17 bits per heavy atom. The van der Waals surface area contributed by atoms with Gasteiger partial charge in [-0.25, -0.2) is 0 Å². The first kappa shape index (κ1) is 4.02. The molecule has 0 amide bonds. The molecule has 0 aliphatic carbocycles. The summed E-state index contributed by atoms with van der Waals surface area (Å²) in [5, 5.41) is 8.02. The van der Waals surface area contributed by atoms with Gasteiger partial charge in [0.05, 0.1) is 13.0 Å². The Kier molecular flexibility index (Phi) is 0.615. The van der Waals surface area contributed by atoms with Gasteiger partial charge in [-0.3, -0.25) is 0 Å². The molecule has 3 heteroatoms. The summed E-state index contributed by atoms with van der Waals surface area (Å²) in [5.41, 5.74) is 0. The number of halogens is 1. The van der Waals surface area contributed by atoms with E-state index in [0.717, 1.165) is 0 Å². The van der Waals surface area contributed by atoms with Crippen molar-refractivity contribution in [2.45, 2.75) is 12.5 Å². The highest BCUT2D eigenvalue weighted by molar-refractivity contribution is 4.59. The van der Waals surface area contributed by atoms with E-state index in [9.17, 15) is 4.39 Å². The molecule has 1 N–H and O–H groups in total. The zero-order valence-electron chi connectivity index (χ0n) is 3.15. The molecule has 0 aromatic rings. The zero-order valence-corrected chi connectivity index (χ0v) is 3.15. The fourth-order valence-electron chi connectivity index (χ4n) is 0.271. The second-order valence-corrected chi connectivity index (χ2v) is 1.29. The molecule has 1 aliphatic rings. The molecular weight excluding hydrogens is 87.0 g/mol. The second-order valence-electron chi connectivity index (χ2n) is 1.29. The second kappa shape index (κ2) is 0.918. The van der Waals surface area contributed by atoms with E-state index in [2.05, 4.69) is 4.74 Å². The van der Waals surface area contributed by atoms with Crippen LogP contribution in [0.3, 0.4) is 0 Å². The van der Waals surface area contributed by atoms with Crippen LogP contribution in [0.15, 0.2) is 0 Å². The monoisotopic (exact) mass is 92.0 g/mol. The van der Waals surface area contributed by atoms with Crippen molar-refractivity contribution in [2.75, 3.05) is 6.61 Å². The number of ether oxygens (including phenoxy) is 1. The lowest BCUT2D eigenvalue weighted by atomic mass is 10.3. The highest BCUT2D eigenvalue weighted by Crippen LogP contribution is 2.23. The third kappa shape index (κ3) is 0.507. The molecule has 0 aromatic heterocycles. The van der Waals surface area contributed by atoms with E-state index in [0.29, 0.717) is 6.61 Å². The molecular formula is C3H5FO2. The van der Waals surface area contributed by atoms with Crippen molar-refractivity contribution in [1.29, 1.82) is 0 Å². The van der Waals surface area contributed by atoms with Crippen LogP contribution in [0, 0.1) is 0 Å². The molecule has 6 heavy (non-hydrogen) atoms. The number of rotatable bonds is 0. The minimum Gasteiger partial charge on any atom is -0.340 e. The number of alkyl halides is 1. The van der Waals surface area contributed by atoms with Crippen molar-refractivity contribution >= 4 is 0 Å². The van der Waals surface area contributed by atoms with Crippen LogP contribution >= 0.6 is 0 Å². The molecule has 1 aliphatic heterocycles. The fraction of sp³-hybridized carbons (Fsp3) is 1.00. The molecule has 1 saturated heterocycles. The third-order valence-corrected chi connectivity index (χ3v) is 0.734. The summed E-state index contributed by atoms with van der Waals surface area (Å²) in [6.07, 6.45) is 0.118. The van der Waals surface area contributed by atoms with Gasteiger partial charge in [0.25, 0.3) is 0 Å². The maximum Gasteiger partial charge on any atom is 0.320 e. The van der Waals surface area contributed by atoms with E-state index in [-0.39, 0.29) is 6.42 Å². The fourth-order valence-corrected chi connectivity index (χ4v) is 0.271. The molecule has 0 radical (unpaired) electrons. The van der Waals surface area contributed by atoms with Crippen LogP contribution in [0.2, 0.25) is 0 Å². The van der Waals surface area contributed by atoms with Gasteiger partial charge in [0.1, 0.15) is 0 Å². The Hall–Kier alpha value is -0.150. The van der Waals surface area contributed by atoms with Gasteiger partial charge in [0, 0.05) is 0 Å². The molecule has 1 heterocycles. The molecule has 1 unspecified atom stereocenters. The highest BCUT2D eigenvalue weighted by atomic mass is 19.2. The van der Waals surface area contributed by atoms with Crippen LogP contribution in [-0.4, -0.2) is 17.8 Å². The van der Waals surface area contributed by atoms with Crippen LogP contribution in [0.1, 0.15) is 6.42 Å². The van der Waals surface area contributed by atoms with Crippen molar-refractivity contribution in [3.63, 3.8) is 0 Å². The highest BCUT2D eigenvalue weighted by Gasteiger charge is 2.35. The van der Waals surface area contributed by atoms with Crippen LogP contribution in [-0.2, 0) is 4.74 Å². The van der Waals surface area contributed by atoms with Crippen molar-refractivity contribution in [3.8, 4) is 0 Å². The smallest absolute Gasteiger partial charge is 0.320 e. The Morgan fingerprint density at radius 1 is 1.83 bits per heavy atom. The molecule has 0 spiro atoms. The molecule has 1 atom stereocenters. The van der Waals surface area contributed by atoms with Crippen LogP contribution in [0.4, 0.5) is 4.39 Å². The van der Waals surface area contributed by atoms with Crippen molar-refractivity contribution in [1.82, 2.24) is 0 Å². The van der Waals surface area contributed by atoms with Crippen LogP contribution in [0.25, 0.3) is 0 Å². The van der Waals surface area contributed by atoms with Gasteiger partial charge in [0.2, 0.25) is 0 Å². The van der Waals surface area contributed by atoms with E-state index in [1.54, 1.807) is 0 Å². The Labute approximate surface area is 34.5 Å². The van der Waals surface area contributed by atoms with Crippen molar-refractivity contribution < 1.29 is 14.2 Å². The predicted octanol–water partition coefficient (Wildman–Crippen LogP) is 0.0223. The quantitative estimate of drug-likeness (QED) is 0.456. The van der Waals surface area contributed by atoms with Gasteiger partial charge in [-0.15, -0.1) is 0 Å². The first-order valence-electron chi connectivity index (χ1n) is 1.76. The molecule has 0 aromatic carbocycles. The minimum atomic E-state index is -2.28. The lowest BCUT2D eigenvalue weighted by molar-refractivity contribution is -0.358. The first-order chi connectivity index (χ1) is 2.71. The standard InChI is InChI=1S/C3H5FO2/c4-3(5)1-2-6-3/h5H,1-2H2. The molecule has 1 fully saturated rings. The summed E-state index contributed by atoms with van der Waals surface area (Å²) in [4.78, 5) is 0. The van der Waals surface area contributed by atoms with Crippen molar-refractivity contribution in [2.24, 2.45) is 0 Å². The molecule has 0 bridgehead atoms. The largest absolute Gasteiger partial charge is 0.340 e. The SMILES string of the molecule is OC1(F)CCO1. The maximum absolute atomic E-state index is 11.5. The van der Waals surface area contributed by atoms with E-state index in [4.69, 9.17) is 5.11 Å². The van der Waals surface area contributed by atoms with Gasteiger partial charge >= 0.3 is 6.04 Å². The minimum absolute atomic E-state index is 0.118. The van der Waals surface area contributed by atoms with Gasteiger partial charge in [-0.2, -0.15) is 4.39 Å². The topological polar surface area (TPSA) is 29.5 Å². The maximum atomic E-state index is 11.5. The van der Waals surface area contributed by atoms with Gasteiger partial charge in [-0.1, -0.05) is 0 Å². The van der Waals surface area contributed by atoms with E-state index in [1.807, 2.05) is 0 Å². The predicted molar refractivity (Wildman–Crippen MR) is 16.6 cm³/mol. The Balaban J connectivity index is 2.31. The van der Waals surface area contributed by atoms with Crippen LogP contribution < -0.4 is 0 Å². The van der Waals surface area contributed by atoms with E-state index in [1.165, 1.54) is 0 Å². The van der Waals surface area contributed by atoms with E-state index < -0.39 is 6.04 Å². The van der Waals surface area contributed by atoms with Gasteiger partial charge in [0.15, 0.2) is 0 Å². The lowest BCUT2D eigenvalue weighted by Crippen LogP contribution is -2.38. The van der Waals surface area contributed by atoms with Crippen LogP contribution in [0.5, 0.6) is 0 Å². The third-order valence-electron chi connectivity index (χ3n) is 0.734. The Bertz CT molecular complexity index is 55.8. The molecule has 0 saturated carbocycles. The van der Waals surface area contributed by atoms with Gasteiger partial charge < -0.3 is 9.84 Å². The summed E-state index contributed by atoms with van der Waals surface area (Å²) >= 11 is 0. The first-order valence-corrected chi connectivity index (χ1v) is 1.76. The summed E-state index contributed by atoms with van der Waals surface area (Å²) in [6, 6.07) is -2.28. The average Bonchev–Trinajstić information content (AvgIpc) is 1.32. The summed E-state index contributed by atoms with van der Waals surface area (Å²) in [7, 11) is 0. The van der Waals surface area contributed by atoms with Crippen molar-refractivity contribution in [3.05, 3.63) is 0 Å².